The van der Waals surface area contributed by atoms with Crippen LogP contribution in [-0.2, 0) is 6.42 Å². The topological polar surface area (TPSA) is 0 Å². The van der Waals surface area contributed by atoms with Gasteiger partial charge in [0.1, 0.15) is 0 Å². The second kappa shape index (κ2) is 4.69. The maximum atomic E-state index is 12.1. The molecule has 1 aromatic carbocycles. The summed E-state index contributed by atoms with van der Waals surface area (Å²) in [5, 5.41) is 0. The number of hydrogen-bond acceptors (Lipinski definition) is 0. The molecule has 0 spiro atoms. The first-order valence-corrected chi connectivity index (χ1v) is 5.08. The van der Waals surface area contributed by atoms with Crippen LogP contribution in [-0.4, -0.2) is 6.18 Å². The Hall–Kier alpha value is -0.990. The number of halogens is 3. The monoisotopic (exact) mass is 216 g/mol. The molecule has 0 aliphatic rings. The van der Waals surface area contributed by atoms with Crippen molar-refractivity contribution in [2.75, 3.05) is 0 Å². The van der Waals surface area contributed by atoms with E-state index in [1.54, 1.807) is 24.3 Å². The van der Waals surface area contributed by atoms with E-state index in [9.17, 15) is 13.2 Å². The minimum Gasteiger partial charge on any atom is -0.171 e. The van der Waals surface area contributed by atoms with Crippen LogP contribution in [0.1, 0.15) is 37.3 Å². The van der Waals surface area contributed by atoms with Crippen LogP contribution in [0.15, 0.2) is 24.3 Å². The molecule has 0 aromatic heterocycles. The largest absolute Gasteiger partial charge is 0.393 e. The van der Waals surface area contributed by atoms with Gasteiger partial charge in [-0.05, 0) is 23.5 Å². The van der Waals surface area contributed by atoms with Crippen molar-refractivity contribution in [3.05, 3.63) is 35.4 Å². The van der Waals surface area contributed by atoms with Crippen molar-refractivity contribution in [1.29, 1.82) is 0 Å². The summed E-state index contributed by atoms with van der Waals surface area (Å²) in [7, 11) is 0. The molecule has 0 saturated heterocycles. The third kappa shape index (κ3) is 3.94. The van der Waals surface area contributed by atoms with Gasteiger partial charge in [0.05, 0.1) is 6.42 Å². The van der Waals surface area contributed by atoms with Gasteiger partial charge in [0, 0.05) is 0 Å². The molecule has 0 fully saturated rings. The van der Waals surface area contributed by atoms with Gasteiger partial charge in [0.15, 0.2) is 0 Å². The summed E-state index contributed by atoms with van der Waals surface area (Å²) in [5.41, 5.74) is 1.43. The van der Waals surface area contributed by atoms with Crippen molar-refractivity contribution in [2.45, 2.75) is 38.8 Å². The van der Waals surface area contributed by atoms with Gasteiger partial charge in [0.25, 0.3) is 0 Å². The average Bonchev–Trinajstić information content (AvgIpc) is 2.15. The summed E-state index contributed by atoms with van der Waals surface area (Å²) in [6.07, 6.45) is -3.95. The van der Waals surface area contributed by atoms with E-state index in [1.165, 1.54) is 0 Å². The van der Waals surface area contributed by atoms with E-state index in [4.69, 9.17) is 0 Å². The van der Waals surface area contributed by atoms with Gasteiger partial charge < -0.3 is 0 Å². The van der Waals surface area contributed by atoms with Crippen LogP contribution in [0.4, 0.5) is 13.2 Å². The summed E-state index contributed by atoms with van der Waals surface area (Å²) >= 11 is 0. The maximum absolute atomic E-state index is 12.1. The van der Waals surface area contributed by atoms with E-state index in [2.05, 4.69) is 13.8 Å². The van der Waals surface area contributed by atoms with Crippen LogP contribution in [0.3, 0.4) is 0 Å². The van der Waals surface area contributed by atoms with Crippen molar-refractivity contribution >= 4 is 0 Å². The van der Waals surface area contributed by atoms with E-state index in [-0.39, 0.29) is 0 Å². The highest BCUT2D eigenvalue weighted by Crippen LogP contribution is 2.23. The van der Waals surface area contributed by atoms with Gasteiger partial charge in [-0.3, -0.25) is 0 Å². The molecule has 0 saturated carbocycles. The zero-order valence-corrected chi connectivity index (χ0v) is 8.93. The summed E-state index contributed by atoms with van der Waals surface area (Å²) in [5.74, 6) is 0.407. The molecule has 0 radical (unpaired) electrons. The second-order valence-corrected chi connectivity index (χ2v) is 3.84. The normalized spacial score (nSPS) is 13.9. The quantitative estimate of drug-likeness (QED) is 0.706. The maximum Gasteiger partial charge on any atom is 0.393 e. The molecule has 84 valence electrons. The van der Waals surface area contributed by atoms with E-state index in [1.807, 2.05) is 0 Å². The molecular formula is C12H15F3. The molecule has 0 aliphatic heterocycles. The standard InChI is InChI=1S/C12H15F3/c1-3-9(2)11-6-4-10(5-7-11)8-12(13,14)15/h4-7,9H,3,8H2,1-2H3. The molecule has 0 aliphatic carbocycles. The van der Waals surface area contributed by atoms with Crippen molar-refractivity contribution in [1.82, 2.24) is 0 Å². The van der Waals surface area contributed by atoms with Gasteiger partial charge in [-0.15, -0.1) is 0 Å². The number of rotatable bonds is 3. The first kappa shape index (κ1) is 12.1. The van der Waals surface area contributed by atoms with Gasteiger partial charge in [0.2, 0.25) is 0 Å². The summed E-state index contributed by atoms with van der Waals surface area (Å²) in [6.45, 7) is 4.13. The summed E-state index contributed by atoms with van der Waals surface area (Å²) < 4.78 is 36.2. The second-order valence-electron chi connectivity index (χ2n) is 3.84. The fourth-order valence-corrected chi connectivity index (χ4v) is 1.43. The predicted octanol–water partition coefficient (Wildman–Crippen LogP) is 4.30. The van der Waals surface area contributed by atoms with Crippen LogP contribution in [0.2, 0.25) is 0 Å². The zero-order valence-electron chi connectivity index (χ0n) is 8.93. The first-order chi connectivity index (χ1) is 6.92. The van der Waals surface area contributed by atoms with E-state index >= 15 is 0 Å². The van der Waals surface area contributed by atoms with Crippen molar-refractivity contribution in [3.8, 4) is 0 Å². The molecule has 1 atom stereocenters. The molecule has 15 heavy (non-hydrogen) atoms. The van der Waals surface area contributed by atoms with Gasteiger partial charge >= 0.3 is 6.18 Å². The molecule has 1 unspecified atom stereocenters. The molecule has 0 amide bonds. The number of benzene rings is 1. The minimum atomic E-state index is -4.11. The summed E-state index contributed by atoms with van der Waals surface area (Å²) in [6, 6.07) is 6.70. The predicted molar refractivity (Wildman–Crippen MR) is 54.9 cm³/mol. The SMILES string of the molecule is CCC(C)c1ccc(CC(F)(F)F)cc1. The van der Waals surface area contributed by atoms with Crippen LogP contribution in [0.25, 0.3) is 0 Å². The fourth-order valence-electron chi connectivity index (χ4n) is 1.43. The van der Waals surface area contributed by atoms with Crippen LogP contribution in [0.5, 0.6) is 0 Å². The molecule has 0 N–H and O–H groups in total. The molecule has 1 rings (SSSR count). The number of alkyl halides is 3. The van der Waals surface area contributed by atoms with Crippen LogP contribution in [0, 0.1) is 0 Å². The highest BCUT2D eigenvalue weighted by Gasteiger charge is 2.27. The third-order valence-corrected chi connectivity index (χ3v) is 2.57. The average molecular weight is 216 g/mol. The lowest BCUT2D eigenvalue weighted by Crippen LogP contribution is -2.11. The third-order valence-electron chi connectivity index (χ3n) is 2.57. The Labute approximate surface area is 88.1 Å². The Morgan fingerprint density at radius 2 is 1.67 bits per heavy atom. The van der Waals surface area contributed by atoms with Gasteiger partial charge in [-0.1, -0.05) is 38.1 Å². The molecular weight excluding hydrogens is 201 g/mol. The van der Waals surface area contributed by atoms with Crippen molar-refractivity contribution in [2.24, 2.45) is 0 Å². The lowest BCUT2D eigenvalue weighted by atomic mass is 9.97. The Bertz CT molecular complexity index is 298. The Morgan fingerprint density at radius 3 is 2.07 bits per heavy atom. The lowest BCUT2D eigenvalue weighted by Gasteiger charge is -2.10. The fraction of sp³-hybridized carbons (Fsp3) is 0.500. The highest BCUT2D eigenvalue weighted by atomic mass is 19.4. The van der Waals surface area contributed by atoms with Gasteiger partial charge in [-0.25, -0.2) is 0 Å². The zero-order chi connectivity index (χ0) is 11.5. The van der Waals surface area contributed by atoms with E-state index in [0.29, 0.717) is 11.5 Å². The van der Waals surface area contributed by atoms with Crippen LogP contribution < -0.4 is 0 Å². The Balaban J connectivity index is 2.72. The minimum absolute atomic E-state index is 0.328. The summed E-state index contributed by atoms with van der Waals surface area (Å²) in [4.78, 5) is 0. The van der Waals surface area contributed by atoms with Crippen LogP contribution >= 0.6 is 0 Å². The van der Waals surface area contributed by atoms with Crippen molar-refractivity contribution in [3.63, 3.8) is 0 Å². The smallest absolute Gasteiger partial charge is 0.171 e. The molecule has 1 aromatic rings. The Morgan fingerprint density at radius 1 is 1.13 bits per heavy atom. The number of hydrogen-bond donors (Lipinski definition) is 0. The van der Waals surface area contributed by atoms with Crippen molar-refractivity contribution < 1.29 is 13.2 Å². The molecule has 3 heteroatoms. The molecule has 0 nitrogen and oxygen atoms in total. The molecule has 0 heterocycles. The highest BCUT2D eigenvalue weighted by molar-refractivity contribution is 5.25. The molecule has 0 bridgehead atoms. The van der Waals surface area contributed by atoms with E-state index < -0.39 is 12.6 Å². The lowest BCUT2D eigenvalue weighted by molar-refractivity contribution is -0.127. The first-order valence-electron chi connectivity index (χ1n) is 5.08. The Kier molecular flexibility index (Phi) is 3.77. The van der Waals surface area contributed by atoms with E-state index in [0.717, 1.165) is 12.0 Å². The van der Waals surface area contributed by atoms with Gasteiger partial charge in [-0.2, -0.15) is 13.2 Å².